The highest BCUT2D eigenvalue weighted by molar-refractivity contribution is 6.35. The lowest BCUT2D eigenvalue weighted by Gasteiger charge is -2.17. The molecule has 5 nitrogen and oxygen atoms in total. The van der Waals surface area contributed by atoms with E-state index >= 15 is 0 Å². The van der Waals surface area contributed by atoms with Crippen LogP contribution in [0.4, 0.5) is 5.69 Å². The number of amides is 2. The van der Waals surface area contributed by atoms with E-state index in [0.717, 1.165) is 29.0 Å². The molecule has 2 N–H and O–H groups in total. The summed E-state index contributed by atoms with van der Waals surface area (Å²) < 4.78 is 5.73. The molecule has 0 fully saturated rings. The molecule has 148 valence electrons. The fourth-order valence-electron chi connectivity index (χ4n) is 3.02. The number of hydrogen-bond donors (Lipinski definition) is 2. The monoisotopic (exact) mass is 420 g/mol. The molecule has 1 aliphatic heterocycles. The van der Waals surface area contributed by atoms with Crippen LogP contribution in [-0.2, 0) is 22.4 Å². The minimum atomic E-state index is -0.0122. The van der Waals surface area contributed by atoms with Crippen LogP contribution in [0.1, 0.15) is 30.4 Å². The predicted octanol–water partition coefficient (Wildman–Crippen LogP) is 4.40. The van der Waals surface area contributed by atoms with Gasteiger partial charge in [-0.1, -0.05) is 29.3 Å². The van der Waals surface area contributed by atoms with Crippen LogP contribution in [0.3, 0.4) is 0 Å². The fraction of sp³-hybridized carbons (Fsp3) is 0.333. The second-order valence-corrected chi connectivity index (χ2v) is 7.50. The number of hydrogen-bond acceptors (Lipinski definition) is 3. The normalized spacial score (nSPS) is 12.9. The summed E-state index contributed by atoms with van der Waals surface area (Å²) in [4.78, 5) is 23.3. The predicted molar refractivity (Wildman–Crippen MR) is 111 cm³/mol. The Kier molecular flexibility index (Phi) is 7.18. The van der Waals surface area contributed by atoms with Crippen LogP contribution >= 0.6 is 23.2 Å². The number of fused-ring (bicyclic) bond motifs is 1. The molecule has 0 bridgehead atoms. The van der Waals surface area contributed by atoms with Crippen LogP contribution < -0.4 is 15.4 Å². The van der Waals surface area contributed by atoms with Gasteiger partial charge >= 0.3 is 0 Å². The van der Waals surface area contributed by atoms with Gasteiger partial charge in [-0.2, -0.15) is 0 Å². The Balaban J connectivity index is 1.34. The Morgan fingerprint density at radius 2 is 2.00 bits per heavy atom. The molecule has 2 aromatic carbocycles. The van der Waals surface area contributed by atoms with E-state index in [1.807, 2.05) is 24.3 Å². The van der Waals surface area contributed by atoms with E-state index in [9.17, 15) is 9.59 Å². The van der Waals surface area contributed by atoms with Crippen molar-refractivity contribution in [1.29, 1.82) is 0 Å². The van der Waals surface area contributed by atoms with Crippen LogP contribution in [0.15, 0.2) is 36.4 Å². The Morgan fingerprint density at radius 1 is 1.14 bits per heavy atom. The molecule has 1 aliphatic rings. The quantitative estimate of drug-likeness (QED) is 0.621. The van der Waals surface area contributed by atoms with Crippen molar-refractivity contribution >= 4 is 40.7 Å². The lowest BCUT2D eigenvalue weighted by Crippen LogP contribution is -2.25. The van der Waals surface area contributed by atoms with E-state index in [0.29, 0.717) is 48.9 Å². The van der Waals surface area contributed by atoms with Gasteiger partial charge in [0.1, 0.15) is 5.75 Å². The number of carbonyl (C=O) groups is 2. The maximum atomic E-state index is 11.9. The summed E-state index contributed by atoms with van der Waals surface area (Å²) in [7, 11) is 0. The van der Waals surface area contributed by atoms with Gasteiger partial charge in [-0.15, -0.1) is 0 Å². The van der Waals surface area contributed by atoms with Crippen LogP contribution in [0.2, 0.25) is 10.0 Å². The number of rotatable bonds is 8. The van der Waals surface area contributed by atoms with Crippen LogP contribution in [0, 0.1) is 0 Å². The van der Waals surface area contributed by atoms with Gasteiger partial charge in [0, 0.05) is 35.1 Å². The van der Waals surface area contributed by atoms with E-state index in [1.54, 1.807) is 12.1 Å². The maximum Gasteiger partial charge on any atom is 0.224 e. The number of benzene rings is 2. The van der Waals surface area contributed by atoms with E-state index in [2.05, 4.69) is 10.6 Å². The Labute approximate surface area is 174 Å². The molecule has 0 spiro atoms. The number of anilines is 1. The minimum absolute atomic E-state index is 0.0122. The standard InChI is InChI=1S/C21H22Cl2N2O3/c22-16-5-3-14(18(23)13-16)9-10-24-20(26)2-1-11-28-17-6-7-19-15(12-17)4-8-21(27)25-19/h3,5-7,12-13H,1-2,4,8-11H2,(H,24,26)(H,25,27). The highest BCUT2D eigenvalue weighted by Crippen LogP contribution is 2.27. The van der Waals surface area contributed by atoms with Gasteiger partial charge in [0.15, 0.2) is 0 Å². The largest absolute Gasteiger partial charge is 0.494 e. The molecule has 0 radical (unpaired) electrons. The van der Waals surface area contributed by atoms with Crippen molar-refractivity contribution in [3.8, 4) is 5.75 Å². The van der Waals surface area contributed by atoms with Gasteiger partial charge in [-0.25, -0.2) is 0 Å². The first kappa shape index (κ1) is 20.5. The summed E-state index contributed by atoms with van der Waals surface area (Å²) in [5.41, 5.74) is 2.89. The average molecular weight is 421 g/mol. The molecule has 0 saturated carbocycles. The molecule has 0 unspecified atom stereocenters. The molecule has 2 amide bonds. The molecule has 28 heavy (non-hydrogen) atoms. The third kappa shape index (κ3) is 5.88. The number of carbonyl (C=O) groups excluding carboxylic acids is 2. The van der Waals surface area contributed by atoms with Gasteiger partial charge in [0.25, 0.3) is 0 Å². The highest BCUT2D eigenvalue weighted by atomic mass is 35.5. The Hall–Kier alpha value is -2.24. The van der Waals surface area contributed by atoms with Gasteiger partial charge in [-0.05, 0) is 60.7 Å². The molecule has 0 aliphatic carbocycles. The zero-order valence-electron chi connectivity index (χ0n) is 15.4. The van der Waals surface area contributed by atoms with Crippen molar-refractivity contribution < 1.29 is 14.3 Å². The summed E-state index contributed by atoms with van der Waals surface area (Å²) >= 11 is 12.0. The molecule has 3 rings (SSSR count). The van der Waals surface area contributed by atoms with Crippen molar-refractivity contribution in [2.45, 2.75) is 32.1 Å². The van der Waals surface area contributed by atoms with Crippen molar-refractivity contribution in [2.24, 2.45) is 0 Å². The molecule has 2 aromatic rings. The van der Waals surface area contributed by atoms with E-state index in [1.165, 1.54) is 0 Å². The zero-order chi connectivity index (χ0) is 19.9. The molecule has 7 heteroatoms. The second-order valence-electron chi connectivity index (χ2n) is 6.65. The van der Waals surface area contributed by atoms with E-state index in [-0.39, 0.29) is 11.8 Å². The number of nitrogens with one attached hydrogen (secondary N) is 2. The fourth-order valence-corrected chi connectivity index (χ4v) is 3.52. The molecular weight excluding hydrogens is 399 g/mol. The lowest BCUT2D eigenvalue weighted by molar-refractivity contribution is -0.121. The minimum Gasteiger partial charge on any atom is -0.494 e. The van der Waals surface area contributed by atoms with Gasteiger partial charge in [-0.3, -0.25) is 9.59 Å². The van der Waals surface area contributed by atoms with E-state index < -0.39 is 0 Å². The first-order valence-electron chi connectivity index (χ1n) is 9.27. The maximum absolute atomic E-state index is 11.9. The van der Waals surface area contributed by atoms with Gasteiger partial charge in [0.2, 0.25) is 11.8 Å². The zero-order valence-corrected chi connectivity index (χ0v) is 16.9. The SMILES string of the molecule is O=C(CCCOc1ccc2c(c1)CCC(=O)N2)NCCc1ccc(Cl)cc1Cl. The van der Waals surface area contributed by atoms with Crippen LogP contribution in [0.25, 0.3) is 0 Å². The molecule has 0 saturated heterocycles. The highest BCUT2D eigenvalue weighted by Gasteiger charge is 2.15. The van der Waals surface area contributed by atoms with Crippen molar-refractivity contribution in [1.82, 2.24) is 5.32 Å². The second kappa shape index (κ2) is 9.80. The summed E-state index contributed by atoms with van der Waals surface area (Å²) in [6.45, 7) is 0.985. The molecular formula is C21H22Cl2N2O3. The topological polar surface area (TPSA) is 67.4 Å². The molecule has 1 heterocycles. The van der Waals surface area contributed by atoms with Crippen molar-refractivity contribution in [3.05, 3.63) is 57.6 Å². The number of halogens is 2. The Bertz CT molecular complexity index is 871. The smallest absolute Gasteiger partial charge is 0.224 e. The van der Waals surface area contributed by atoms with Crippen LogP contribution in [0.5, 0.6) is 5.75 Å². The summed E-state index contributed by atoms with van der Waals surface area (Å²) in [5, 5.41) is 6.94. The number of aryl methyl sites for hydroxylation is 1. The van der Waals surface area contributed by atoms with Crippen LogP contribution in [-0.4, -0.2) is 25.0 Å². The lowest BCUT2D eigenvalue weighted by atomic mass is 10.0. The average Bonchev–Trinajstić information content (AvgIpc) is 2.67. The summed E-state index contributed by atoms with van der Waals surface area (Å²) in [6.07, 6.45) is 2.90. The van der Waals surface area contributed by atoms with Crippen molar-refractivity contribution in [3.63, 3.8) is 0 Å². The van der Waals surface area contributed by atoms with Gasteiger partial charge in [0.05, 0.1) is 6.61 Å². The first-order chi connectivity index (χ1) is 13.5. The molecule has 0 atom stereocenters. The van der Waals surface area contributed by atoms with Gasteiger partial charge < -0.3 is 15.4 Å². The number of ether oxygens (including phenoxy) is 1. The van der Waals surface area contributed by atoms with E-state index in [4.69, 9.17) is 27.9 Å². The third-order valence-corrected chi connectivity index (χ3v) is 5.11. The Morgan fingerprint density at radius 3 is 2.82 bits per heavy atom. The van der Waals surface area contributed by atoms with Crippen molar-refractivity contribution in [2.75, 3.05) is 18.5 Å². The summed E-state index contributed by atoms with van der Waals surface area (Å²) in [6, 6.07) is 11.0. The molecule has 0 aromatic heterocycles. The first-order valence-corrected chi connectivity index (χ1v) is 10.0. The summed E-state index contributed by atoms with van der Waals surface area (Å²) in [5.74, 6) is 0.792. The third-order valence-electron chi connectivity index (χ3n) is 4.52.